The third-order valence-corrected chi connectivity index (χ3v) is 4.95. The van der Waals surface area contributed by atoms with Gasteiger partial charge in [-0.05, 0) is 22.0 Å². The molecule has 0 N–H and O–H groups in total. The van der Waals surface area contributed by atoms with Crippen LogP contribution < -0.4 is 10.4 Å². The second kappa shape index (κ2) is 5.80. The van der Waals surface area contributed by atoms with E-state index in [0.29, 0.717) is 0 Å². The summed E-state index contributed by atoms with van der Waals surface area (Å²) in [5, 5.41) is 2.85. The van der Waals surface area contributed by atoms with Gasteiger partial charge in [-0.1, -0.05) is 100 Å². The van der Waals surface area contributed by atoms with Gasteiger partial charge in [0.05, 0.1) is 0 Å². The summed E-state index contributed by atoms with van der Waals surface area (Å²) in [5.41, 5.74) is 3.26. The van der Waals surface area contributed by atoms with Gasteiger partial charge < -0.3 is 0 Å². The summed E-state index contributed by atoms with van der Waals surface area (Å²) in [6, 6.07) is 18.1. The van der Waals surface area contributed by atoms with Gasteiger partial charge in [-0.15, -0.1) is 0 Å². The SMILES string of the molecule is CC(C)(C)c1cccc([Si]c2cccc(C(C)(C)C)c2)c1. The molecule has 2 aromatic carbocycles. The molecule has 0 heterocycles. The van der Waals surface area contributed by atoms with Gasteiger partial charge in [0.2, 0.25) is 0 Å². The minimum Gasteiger partial charge on any atom is -0.0631 e. The summed E-state index contributed by atoms with van der Waals surface area (Å²) >= 11 is 0. The van der Waals surface area contributed by atoms with Crippen LogP contribution in [0.5, 0.6) is 0 Å². The quantitative estimate of drug-likeness (QED) is 0.736. The molecule has 21 heavy (non-hydrogen) atoms. The largest absolute Gasteiger partial charge is 0.121 e. The Labute approximate surface area is 132 Å². The van der Waals surface area contributed by atoms with E-state index in [1.54, 1.807) is 0 Å². The summed E-state index contributed by atoms with van der Waals surface area (Å²) in [4.78, 5) is 0. The van der Waals surface area contributed by atoms with Crippen molar-refractivity contribution in [2.75, 3.05) is 0 Å². The maximum atomic E-state index is 2.36. The van der Waals surface area contributed by atoms with Gasteiger partial charge in [0.15, 0.2) is 0 Å². The van der Waals surface area contributed by atoms with Gasteiger partial charge >= 0.3 is 0 Å². The third kappa shape index (κ3) is 4.31. The fourth-order valence-corrected chi connectivity index (χ4v) is 3.44. The van der Waals surface area contributed by atoms with Crippen LogP contribution in [0.2, 0.25) is 0 Å². The molecule has 0 fully saturated rings. The molecule has 0 aliphatic carbocycles. The van der Waals surface area contributed by atoms with Crippen LogP contribution in [0, 0.1) is 0 Å². The molecular formula is C20H26Si. The van der Waals surface area contributed by atoms with Crippen LogP contribution in [0.4, 0.5) is 0 Å². The summed E-state index contributed by atoms with van der Waals surface area (Å²) in [7, 11) is 0.728. The Balaban J connectivity index is 2.27. The van der Waals surface area contributed by atoms with Crippen LogP contribution in [0.1, 0.15) is 52.7 Å². The Bertz CT molecular complexity index is 557. The van der Waals surface area contributed by atoms with Crippen molar-refractivity contribution in [1.82, 2.24) is 0 Å². The minimum atomic E-state index is 0.216. The number of hydrogen-bond donors (Lipinski definition) is 0. The summed E-state index contributed by atoms with van der Waals surface area (Å²) in [6.07, 6.45) is 0. The van der Waals surface area contributed by atoms with Crippen molar-refractivity contribution in [2.45, 2.75) is 52.4 Å². The van der Waals surface area contributed by atoms with E-state index in [-0.39, 0.29) is 10.8 Å². The molecule has 2 aromatic rings. The molecule has 0 spiro atoms. The van der Waals surface area contributed by atoms with Crippen LogP contribution in [-0.2, 0) is 10.8 Å². The number of rotatable bonds is 2. The maximum Gasteiger partial charge on any atom is 0.121 e. The molecule has 2 radical (unpaired) electrons. The van der Waals surface area contributed by atoms with Crippen molar-refractivity contribution >= 4 is 19.9 Å². The predicted molar refractivity (Wildman–Crippen MR) is 95.3 cm³/mol. The number of benzene rings is 2. The Hall–Kier alpha value is -1.34. The van der Waals surface area contributed by atoms with Gasteiger partial charge in [0.1, 0.15) is 9.52 Å². The van der Waals surface area contributed by atoms with Crippen LogP contribution in [0.25, 0.3) is 0 Å². The normalized spacial score (nSPS) is 12.5. The van der Waals surface area contributed by atoms with Gasteiger partial charge in [0, 0.05) is 0 Å². The summed E-state index contributed by atoms with van der Waals surface area (Å²) < 4.78 is 0. The van der Waals surface area contributed by atoms with Crippen LogP contribution in [0.3, 0.4) is 0 Å². The zero-order valence-electron chi connectivity index (χ0n) is 14.1. The van der Waals surface area contributed by atoms with Crippen LogP contribution in [-0.4, -0.2) is 9.52 Å². The van der Waals surface area contributed by atoms with Gasteiger partial charge in [0.25, 0.3) is 0 Å². The zero-order valence-corrected chi connectivity index (χ0v) is 15.1. The fraction of sp³-hybridized carbons (Fsp3) is 0.400. The Morgan fingerprint density at radius 3 is 1.33 bits per heavy atom. The monoisotopic (exact) mass is 294 g/mol. The molecule has 0 nitrogen and oxygen atoms in total. The lowest BCUT2D eigenvalue weighted by atomic mass is 9.87. The van der Waals surface area contributed by atoms with E-state index in [2.05, 4.69) is 90.1 Å². The van der Waals surface area contributed by atoms with E-state index in [4.69, 9.17) is 0 Å². The van der Waals surface area contributed by atoms with E-state index >= 15 is 0 Å². The predicted octanol–water partition coefficient (Wildman–Crippen LogP) is 3.94. The average Bonchev–Trinajstić information content (AvgIpc) is 2.37. The second-order valence-electron chi connectivity index (χ2n) is 7.79. The first-order chi connectivity index (χ1) is 9.66. The number of hydrogen-bond acceptors (Lipinski definition) is 0. The van der Waals surface area contributed by atoms with Crippen LogP contribution >= 0.6 is 0 Å². The highest BCUT2D eigenvalue weighted by molar-refractivity contribution is 6.67. The lowest BCUT2D eigenvalue weighted by Crippen LogP contribution is -2.29. The molecule has 110 valence electrons. The van der Waals surface area contributed by atoms with E-state index in [9.17, 15) is 0 Å². The highest BCUT2D eigenvalue weighted by atomic mass is 28.2. The Kier molecular flexibility index (Phi) is 4.43. The van der Waals surface area contributed by atoms with Crippen LogP contribution in [0.15, 0.2) is 48.5 Å². The first kappa shape index (κ1) is 16.0. The molecule has 0 aliphatic heterocycles. The molecule has 2 rings (SSSR count). The van der Waals surface area contributed by atoms with E-state index in [1.807, 2.05) is 0 Å². The average molecular weight is 295 g/mol. The molecule has 0 bridgehead atoms. The smallest absolute Gasteiger partial charge is 0.0631 e. The van der Waals surface area contributed by atoms with Crippen molar-refractivity contribution in [1.29, 1.82) is 0 Å². The Morgan fingerprint density at radius 1 is 0.619 bits per heavy atom. The summed E-state index contributed by atoms with van der Waals surface area (Å²) in [5.74, 6) is 0. The second-order valence-corrected chi connectivity index (χ2v) is 9.19. The summed E-state index contributed by atoms with van der Waals surface area (Å²) in [6.45, 7) is 13.6. The molecule has 0 aromatic heterocycles. The van der Waals surface area contributed by atoms with Gasteiger partial charge in [-0.25, -0.2) is 0 Å². The van der Waals surface area contributed by atoms with E-state index in [0.717, 1.165) is 9.52 Å². The van der Waals surface area contributed by atoms with Gasteiger partial charge in [-0.2, -0.15) is 0 Å². The van der Waals surface area contributed by atoms with E-state index in [1.165, 1.54) is 21.5 Å². The zero-order chi connectivity index (χ0) is 15.7. The molecule has 0 atom stereocenters. The van der Waals surface area contributed by atoms with Gasteiger partial charge in [-0.3, -0.25) is 0 Å². The van der Waals surface area contributed by atoms with Crippen molar-refractivity contribution in [3.05, 3.63) is 59.7 Å². The fourth-order valence-electron chi connectivity index (χ4n) is 2.29. The highest BCUT2D eigenvalue weighted by Crippen LogP contribution is 2.21. The van der Waals surface area contributed by atoms with Crippen molar-refractivity contribution in [2.24, 2.45) is 0 Å². The van der Waals surface area contributed by atoms with Crippen molar-refractivity contribution < 1.29 is 0 Å². The first-order valence-electron chi connectivity index (χ1n) is 7.64. The molecule has 0 amide bonds. The standard InChI is InChI=1S/C20H26Si/c1-19(2,3)15-9-7-11-17(13-15)21-18-12-8-10-16(14-18)20(4,5)6/h7-14H,1-6H3. The third-order valence-electron chi connectivity index (χ3n) is 3.75. The van der Waals surface area contributed by atoms with Crippen molar-refractivity contribution in [3.63, 3.8) is 0 Å². The van der Waals surface area contributed by atoms with Crippen molar-refractivity contribution in [3.8, 4) is 0 Å². The lowest BCUT2D eigenvalue weighted by Gasteiger charge is -2.21. The minimum absolute atomic E-state index is 0.216. The Morgan fingerprint density at radius 2 is 1.00 bits per heavy atom. The molecule has 1 heteroatoms. The lowest BCUT2D eigenvalue weighted by molar-refractivity contribution is 0.590. The topological polar surface area (TPSA) is 0 Å². The molecule has 0 aliphatic rings. The molecule has 0 saturated heterocycles. The maximum absolute atomic E-state index is 2.36. The molecule has 0 unspecified atom stereocenters. The highest BCUT2D eigenvalue weighted by Gasteiger charge is 2.15. The molecular weight excluding hydrogens is 268 g/mol. The van der Waals surface area contributed by atoms with E-state index < -0.39 is 0 Å². The first-order valence-corrected chi connectivity index (χ1v) is 8.64. The molecule has 0 saturated carbocycles.